The van der Waals surface area contributed by atoms with Gasteiger partial charge in [-0.1, -0.05) is 0 Å². The fraction of sp³-hybridized carbons (Fsp3) is 0.917. The molecule has 4 nitrogen and oxygen atoms in total. The lowest BCUT2D eigenvalue weighted by molar-refractivity contribution is 0.0748. The highest BCUT2D eigenvalue weighted by atomic mass is 15.3. The highest BCUT2D eigenvalue weighted by Crippen LogP contribution is 2.20. The fourth-order valence-corrected chi connectivity index (χ4v) is 2.84. The molecule has 0 aromatic rings. The molecule has 0 saturated carbocycles. The predicted molar refractivity (Wildman–Crippen MR) is 68.6 cm³/mol. The summed E-state index contributed by atoms with van der Waals surface area (Å²) in [5, 5.41) is 7.42. The number of nitrogens with zero attached hydrogens (tertiary/aromatic N) is 2. The van der Waals surface area contributed by atoms with Crippen LogP contribution in [0.2, 0.25) is 0 Å². The molecular formula is C12H26N4. The van der Waals surface area contributed by atoms with Gasteiger partial charge in [-0.15, -0.1) is 0 Å². The molecule has 0 radical (unpaired) electrons. The van der Waals surface area contributed by atoms with Gasteiger partial charge < -0.3 is 10.6 Å². The van der Waals surface area contributed by atoms with Crippen LogP contribution in [0.3, 0.4) is 0 Å². The van der Waals surface area contributed by atoms with Crippen LogP contribution in [0.4, 0.5) is 0 Å². The zero-order valence-corrected chi connectivity index (χ0v) is 11.0. The third kappa shape index (κ3) is 3.11. The first kappa shape index (κ1) is 13.3. The smallest absolute Gasteiger partial charge is 0.188 e. The number of nitrogens with two attached hydrogens (primary N) is 1. The average molecular weight is 226 g/mol. The molecule has 1 aliphatic rings. The molecule has 0 aliphatic carbocycles. The Balaban J connectivity index is 2.54. The summed E-state index contributed by atoms with van der Waals surface area (Å²) in [4.78, 5) is 4.55. The van der Waals surface area contributed by atoms with Gasteiger partial charge in [0.05, 0.1) is 0 Å². The van der Waals surface area contributed by atoms with Gasteiger partial charge in [0.25, 0.3) is 0 Å². The van der Waals surface area contributed by atoms with Crippen molar-refractivity contribution in [2.45, 2.75) is 58.7 Å². The number of rotatable bonds is 3. The maximum absolute atomic E-state index is 7.42. The van der Waals surface area contributed by atoms with E-state index in [9.17, 15) is 0 Å². The van der Waals surface area contributed by atoms with Crippen molar-refractivity contribution in [3.05, 3.63) is 0 Å². The summed E-state index contributed by atoms with van der Waals surface area (Å²) in [5.74, 6) is 0.221. The third-order valence-corrected chi connectivity index (χ3v) is 3.42. The summed E-state index contributed by atoms with van der Waals surface area (Å²) in [6.07, 6.45) is 2.24. The quantitative estimate of drug-likeness (QED) is 0.566. The third-order valence-electron chi connectivity index (χ3n) is 3.42. The van der Waals surface area contributed by atoms with Crippen LogP contribution in [0.25, 0.3) is 0 Å². The summed E-state index contributed by atoms with van der Waals surface area (Å²) < 4.78 is 0. The van der Waals surface area contributed by atoms with Crippen molar-refractivity contribution < 1.29 is 0 Å². The van der Waals surface area contributed by atoms with E-state index in [1.54, 1.807) is 0 Å². The lowest BCUT2D eigenvalue weighted by Crippen LogP contribution is -2.52. The lowest BCUT2D eigenvalue weighted by atomic mass is 10.00. The van der Waals surface area contributed by atoms with E-state index in [0.717, 1.165) is 25.9 Å². The predicted octanol–water partition coefficient (Wildman–Crippen LogP) is 1.46. The van der Waals surface area contributed by atoms with Crippen molar-refractivity contribution in [2.75, 3.05) is 13.1 Å². The van der Waals surface area contributed by atoms with Gasteiger partial charge in [0.15, 0.2) is 5.96 Å². The molecule has 0 atom stereocenters. The highest BCUT2D eigenvalue weighted by molar-refractivity contribution is 5.74. The molecule has 0 unspecified atom stereocenters. The van der Waals surface area contributed by atoms with Gasteiger partial charge >= 0.3 is 0 Å². The number of guanidine groups is 1. The Morgan fingerprint density at radius 3 is 1.94 bits per heavy atom. The summed E-state index contributed by atoms with van der Waals surface area (Å²) in [7, 11) is 0. The van der Waals surface area contributed by atoms with Gasteiger partial charge in [-0.05, 0) is 40.5 Å². The second-order valence-corrected chi connectivity index (χ2v) is 5.24. The molecule has 16 heavy (non-hydrogen) atoms. The molecule has 0 spiro atoms. The molecule has 1 aliphatic heterocycles. The first-order valence-electron chi connectivity index (χ1n) is 6.30. The lowest BCUT2D eigenvalue weighted by Gasteiger charge is -2.42. The van der Waals surface area contributed by atoms with Crippen molar-refractivity contribution in [3.8, 4) is 0 Å². The number of nitrogens with one attached hydrogen (secondary N) is 1. The Hall–Kier alpha value is -0.770. The van der Waals surface area contributed by atoms with Gasteiger partial charge in [-0.2, -0.15) is 0 Å². The Morgan fingerprint density at radius 1 is 1.19 bits per heavy atom. The number of likely N-dealkylation sites (tertiary alicyclic amines) is 1. The zero-order chi connectivity index (χ0) is 12.3. The minimum absolute atomic E-state index is 0.221. The monoisotopic (exact) mass is 226 g/mol. The Kier molecular flexibility index (Phi) is 4.59. The minimum Gasteiger partial charge on any atom is -0.370 e. The molecule has 1 saturated heterocycles. The Bertz CT molecular complexity index is 221. The van der Waals surface area contributed by atoms with Gasteiger partial charge in [-0.3, -0.25) is 10.3 Å². The molecule has 0 bridgehead atoms. The molecule has 94 valence electrons. The molecule has 0 aromatic heterocycles. The topological polar surface area (TPSA) is 56.4 Å². The van der Waals surface area contributed by atoms with Crippen LogP contribution in [-0.4, -0.2) is 47.0 Å². The van der Waals surface area contributed by atoms with Gasteiger partial charge in [0.1, 0.15) is 0 Å². The molecule has 3 N–H and O–H groups in total. The molecule has 0 aromatic carbocycles. The normalized spacial score (nSPS) is 18.8. The van der Waals surface area contributed by atoms with E-state index in [-0.39, 0.29) is 5.96 Å². The minimum atomic E-state index is 0.221. The van der Waals surface area contributed by atoms with E-state index in [1.807, 2.05) is 4.90 Å². The molecular weight excluding hydrogens is 200 g/mol. The molecule has 1 rings (SSSR count). The second kappa shape index (κ2) is 5.53. The second-order valence-electron chi connectivity index (χ2n) is 5.24. The first-order valence-corrected chi connectivity index (χ1v) is 6.30. The van der Waals surface area contributed by atoms with E-state index in [0.29, 0.717) is 18.1 Å². The Labute approximate surface area is 99.3 Å². The summed E-state index contributed by atoms with van der Waals surface area (Å²) in [6.45, 7) is 10.9. The SMILES string of the molecule is CC(C)N(C(C)C)C1CCN(C(=N)N)CC1. The number of hydrogen-bond donors (Lipinski definition) is 2. The van der Waals surface area contributed by atoms with Crippen LogP contribution < -0.4 is 5.73 Å². The van der Waals surface area contributed by atoms with Gasteiger partial charge in [-0.25, -0.2) is 0 Å². The van der Waals surface area contributed by atoms with Gasteiger partial charge in [0.2, 0.25) is 0 Å². The van der Waals surface area contributed by atoms with Crippen molar-refractivity contribution in [1.82, 2.24) is 9.80 Å². The first-order chi connectivity index (χ1) is 7.43. The van der Waals surface area contributed by atoms with Crippen LogP contribution >= 0.6 is 0 Å². The summed E-state index contributed by atoms with van der Waals surface area (Å²) in [6, 6.07) is 1.83. The van der Waals surface area contributed by atoms with Crippen molar-refractivity contribution in [3.63, 3.8) is 0 Å². The van der Waals surface area contributed by atoms with Crippen molar-refractivity contribution in [1.29, 1.82) is 5.41 Å². The highest BCUT2D eigenvalue weighted by Gasteiger charge is 2.28. The molecule has 1 heterocycles. The van der Waals surface area contributed by atoms with E-state index in [4.69, 9.17) is 11.1 Å². The zero-order valence-electron chi connectivity index (χ0n) is 11.0. The van der Waals surface area contributed by atoms with E-state index in [1.165, 1.54) is 0 Å². The van der Waals surface area contributed by atoms with Crippen molar-refractivity contribution in [2.24, 2.45) is 5.73 Å². The summed E-state index contributed by atoms with van der Waals surface area (Å²) in [5.41, 5.74) is 5.50. The molecule has 4 heteroatoms. The van der Waals surface area contributed by atoms with Gasteiger partial charge in [0, 0.05) is 31.2 Å². The molecule has 0 amide bonds. The standard InChI is InChI=1S/C12H26N4/c1-9(2)16(10(3)4)11-5-7-15(8-6-11)12(13)14/h9-11H,5-8H2,1-4H3,(H3,13,14). The van der Waals surface area contributed by atoms with E-state index < -0.39 is 0 Å². The van der Waals surface area contributed by atoms with E-state index >= 15 is 0 Å². The largest absolute Gasteiger partial charge is 0.370 e. The maximum Gasteiger partial charge on any atom is 0.188 e. The maximum atomic E-state index is 7.42. The average Bonchev–Trinajstić information content (AvgIpc) is 2.17. The fourth-order valence-electron chi connectivity index (χ4n) is 2.84. The van der Waals surface area contributed by atoms with Crippen LogP contribution in [0, 0.1) is 5.41 Å². The van der Waals surface area contributed by atoms with Crippen LogP contribution in [-0.2, 0) is 0 Å². The number of hydrogen-bond acceptors (Lipinski definition) is 2. The number of piperidine rings is 1. The molecule has 1 fully saturated rings. The van der Waals surface area contributed by atoms with Crippen molar-refractivity contribution >= 4 is 5.96 Å². The Morgan fingerprint density at radius 2 is 1.62 bits per heavy atom. The van der Waals surface area contributed by atoms with E-state index in [2.05, 4.69) is 32.6 Å². The summed E-state index contributed by atoms with van der Waals surface area (Å²) >= 11 is 0. The van der Waals surface area contributed by atoms with Crippen LogP contribution in [0.1, 0.15) is 40.5 Å². The van der Waals surface area contributed by atoms with Crippen LogP contribution in [0.15, 0.2) is 0 Å². The van der Waals surface area contributed by atoms with Crippen LogP contribution in [0.5, 0.6) is 0 Å².